The van der Waals surface area contributed by atoms with Gasteiger partial charge in [0.05, 0.1) is 38.5 Å². The first-order valence-corrected chi connectivity index (χ1v) is 9.27. The van der Waals surface area contributed by atoms with E-state index in [1.807, 2.05) is 0 Å². The number of nitrogens with one attached hydrogen (secondary N) is 1. The minimum Gasteiger partial charge on any atom is -0.466 e. The van der Waals surface area contributed by atoms with Crippen molar-refractivity contribution in [2.45, 2.75) is 0 Å². The molecule has 3 rings (SSSR count). The molecule has 0 unspecified atom stereocenters. The number of hydrogen-bond acceptors (Lipinski definition) is 9. The molecule has 1 aliphatic heterocycles. The van der Waals surface area contributed by atoms with Crippen LogP contribution in [0.2, 0.25) is 0 Å². The summed E-state index contributed by atoms with van der Waals surface area (Å²) in [5.41, 5.74) is 1.01. The van der Waals surface area contributed by atoms with E-state index in [2.05, 4.69) is 15.0 Å². The monoisotopic (exact) mass is 427 g/mol. The Morgan fingerprint density at radius 2 is 1.94 bits per heavy atom. The second kappa shape index (κ2) is 9.72. The Morgan fingerprint density at radius 3 is 2.65 bits per heavy atom. The van der Waals surface area contributed by atoms with Crippen molar-refractivity contribution in [2.75, 3.05) is 39.2 Å². The molecule has 0 saturated carbocycles. The minimum atomic E-state index is -0.632. The van der Waals surface area contributed by atoms with Gasteiger partial charge < -0.3 is 29.5 Å². The van der Waals surface area contributed by atoms with Crippen molar-refractivity contribution >= 4 is 23.5 Å². The predicted molar refractivity (Wildman–Crippen MR) is 108 cm³/mol. The zero-order chi connectivity index (χ0) is 22.4. The van der Waals surface area contributed by atoms with Crippen LogP contribution in [-0.4, -0.2) is 66.8 Å². The van der Waals surface area contributed by atoms with Gasteiger partial charge in [0, 0.05) is 30.6 Å². The SMILES string of the molecule is COC(=O)C1=C(Nc2cccc(Oc3cc(C(=O)OC)ccn3)c2)C(=O)N(CCO)C1. The standard InChI is InChI=1S/C21H21N3O7/c1-29-20(27)13-6-7-22-17(10-13)31-15-5-3-4-14(11-15)23-18-16(21(28)30-2)12-24(8-9-25)19(18)26/h3-7,10-11,23,25H,8-9,12H2,1-2H3. The van der Waals surface area contributed by atoms with Crippen LogP contribution < -0.4 is 10.1 Å². The molecular formula is C21H21N3O7. The fraction of sp³-hybridized carbons (Fsp3) is 0.238. The maximum Gasteiger partial charge on any atom is 0.338 e. The maximum atomic E-state index is 12.6. The summed E-state index contributed by atoms with van der Waals surface area (Å²) >= 11 is 0. The molecule has 2 heterocycles. The topological polar surface area (TPSA) is 127 Å². The van der Waals surface area contributed by atoms with Crippen LogP contribution in [0.15, 0.2) is 53.9 Å². The molecule has 0 saturated heterocycles. The van der Waals surface area contributed by atoms with E-state index in [0.29, 0.717) is 11.4 Å². The van der Waals surface area contributed by atoms with Crippen molar-refractivity contribution in [3.05, 3.63) is 59.4 Å². The van der Waals surface area contributed by atoms with Crippen LogP contribution in [0.5, 0.6) is 11.6 Å². The van der Waals surface area contributed by atoms with E-state index in [-0.39, 0.29) is 42.4 Å². The maximum absolute atomic E-state index is 12.6. The van der Waals surface area contributed by atoms with Crippen LogP contribution in [0.3, 0.4) is 0 Å². The van der Waals surface area contributed by atoms with Crippen LogP contribution in [0, 0.1) is 0 Å². The van der Waals surface area contributed by atoms with E-state index in [0.717, 1.165) is 0 Å². The highest BCUT2D eigenvalue weighted by Crippen LogP contribution is 2.27. The summed E-state index contributed by atoms with van der Waals surface area (Å²) in [6, 6.07) is 9.59. The van der Waals surface area contributed by atoms with Gasteiger partial charge in [-0.1, -0.05) is 6.07 Å². The highest BCUT2D eigenvalue weighted by molar-refractivity contribution is 6.08. The Labute approximate surface area is 178 Å². The van der Waals surface area contributed by atoms with Gasteiger partial charge in [-0.3, -0.25) is 4.79 Å². The number of aromatic nitrogens is 1. The summed E-state index contributed by atoms with van der Waals surface area (Å²) in [6.45, 7) is -0.0981. The van der Waals surface area contributed by atoms with Crippen LogP contribution >= 0.6 is 0 Å². The third kappa shape index (κ3) is 4.98. The van der Waals surface area contributed by atoms with Gasteiger partial charge in [0.1, 0.15) is 11.4 Å². The molecule has 1 amide bonds. The second-order valence-corrected chi connectivity index (χ2v) is 6.42. The third-order valence-electron chi connectivity index (χ3n) is 4.44. The number of carbonyl (C=O) groups is 3. The summed E-state index contributed by atoms with van der Waals surface area (Å²) in [4.78, 5) is 41.8. The number of pyridine rings is 1. The molecule has 1 aliphatic rings. The van der Waals surface area contributed by atoms with Gasteiger partial charge in [-0.25, -0.2) is 14.6 Å². The number of amides is 1. The Hall–Kier alpha value is -3.92. The average Bonchev–Trinajstić information content (AvgIpc) is 3.08. The molecule has 0 fully saturated rings. The molecule has 0 radical (unpaired) electrons. The number of aliphatic hydroxyl groups is 1. The molecule has 2 N–H and O–H groups in total. The fourth-order valence-electron chi connectivity index (χ4n) is 2.96. The molecule has 2 aromatic rings. The van der Waals surface area contributed by atoms with E-state index in [1.54, 1.807) is 24.3 Å². The summed E-state index contributed by atoms with van der Waals surface area (Å²) in [6.07, 6.45) is 1.42. The van der Waals surface area contributed by atoms with E-state index >= 15 is 0 Å². The zero-order valence-corrected chi connectivity index (χ0v) is 17.0. The number of benzene rings is 1. The lowest BCUT2D eigenvalue weighted by molar-refractivity contribution is -0.136. The van der Waals surface area contributed by atoms with Crippen molar-refractivity contribution in [1.82, 2.24) is 9.88 Å². The normalized spacial score (nSPS) is 13.3. The number of nitrogens with zero attached hydrogens (tertiary/aromatic N) is 2. The lowest BCUT2D eigenvalue weighted by Crippen LogP contribution is -2.31. The number of carbonyl (C=O) groups excluding carboxylic acids is 3. The van der Waals surface area contributed by atoms with Gasteiger partial charge in [-0.15, -0.1) is 0 Å². The van der Waals surface area contributed by atoms with E-state index in [4.69, 9.17) is 14.6 Å². The number of hydrogen-bond donors (Lipinski definition) is 2. The van der Waals surface area contributed by atoms with Gasteiger partial charge in [0.25, 0.3) is 5.91 Å². The van der Waals surface area contributed by atoms with Gasteiger partial charge >= 0.3 is 11.9 Å². The third-order valence-corrected chi connectivity index (χ3v) is 4.44. The lowest BCUT2D eigenvalue weighted by atomic mass is 10.2. The van der Waals surface area contributed by atoms with E-state index in [9.17, 15) is 14.4 Å². The highest BCUT2D eigenvalue weighted by atomic mass is 16.5. The first-order chi connectivity index (χ1) is 15.0. The van der Waals surface area contributed by atoms with E-state index in [1.165, 1.54) is 37.4 Å². The van der Waals surface area contributed by atoms with Gasteiger partial charge in [0.2, 0.25) is 5.88 Å². The number of aliphatic hydroxyl groups excluding tert-OH is 1. The van der Waals surface area contributed by atoms with Crippen LogP contribution in [0.4, 0.5) is 5.69 Å². The molecule has 10 heteroatoms. The average molecular weight is 427 g/mol. The number of ether oxygens (including phenoxy) is 3. The lowest BCUT2D eigenvalue weighted by Gasteiger charge is -2.15. The Balaban J connectivity index is 1.82. The molecule has 0 bridgehead atoms. The first kappa shape index (κ1) is 21.8. The number of β-amino-alcohol motifs (C(OH)–C–C–N with tert-alkyl or cyclic N) is 1. The van der Waals surface area contributed by atoms with Crippen molar-refractivity contribution in [3.8, 4) is 11.6 Å². The first-order valence-electron chi connectivity index (χ1n) is 9.27. The molecule has 0 spiro atoms. The largest absolute Gasteiger partial charge is 0.466 e. The molecule has 31 heavy (non-hydrogen) atoms. The van der Waals surface area contributed by atoms with Gasteiger partial charge in [-0.05, 0) is 18.2 Å². The number of rotatable bonds is 8. The summed E-state index contributed by atoms with van der Waals surface area (Å²) < 4.78 is 15.2. The molecule has 0 aliphatic carbocycles. The number of methoxy groups -OCH3 is 2. The molecule has 162 valence electrons. The highest BCUT2D eigenvalue weighted by Gasteiger charge is 2.34. The summed E-state index contributed by atoms with van der Waals surface area (Å²) in [5, 5.41) is 12.1. The van der Waals surface area contributed by atoms with Crippen molar-refractivity contribution in [2.24, 2.45) is 0 Å². The summed E-state index contributed by atoms with van der Waals surface area (Å²) in [5.74, 6) is -1.00. The van der Waals surface area contributed by atoms with E-state index < -0.39 is 17.8 Å². The quantitative estimate of drug-likeness (QED) is 0.600. The van der Waals surface area contributed by atoms with Crippen LogP contribution in [0.1, 0.15) is 10.4 Å². The molecule has 0 atom stereocenters. The van der Waals surface area contributed by atoms with Crippen molar-refractivity contribution < 1.29 is 33.7 Å². The Morgan fingerprint density at radius 1 is 1.16 bits per heavy atom. The fourth-order valence-corrected chi connectivity index (χ4v) is 2.96. The molecule has 1 aromatic heterocycles. The second-order valence-electron chi connectivity index (χ2n) is 6.42. The van der Waals surface area contributed by atoms with Crippen LogP contribution in [-0.2, 0) is 19.1 Å². The zero-order valence-electron chi connectivity index (χ0n) is 17.0. The van der Waals surface area contributed by atoms with Gasteiger partial charge in [0.15, 0.2) is 0 Å². The Kier molecular flexibility index (Phi) is 6.83. The van der Waals surface area contributed by atoms with Crippen molar-refractivity contribution in [1.29, 1.82) is 0 Å². The number of esters is 2. The summed E-state index contributed by atoms with van der Waals surface area (Å²) in [7, 11) is 2.51. The van der Waals surface area contributed by atoms with Crippen molar-refractivity contribution in [3.63, 3.8) is 0 Å². The minimum absolute atomic E-state index is 0.0365. The van der Waals surface area contributed by atoms with Crippen LogP contribution in [0.25, 0.3) is 0 Å². The molecule has 10 nitrogen and oxygen atoms in total. The molecular weight excluding hydrogens is 406 g/mol. The molecule has 1 aromatic carbocycles. The smallest absolute Gasteiger partial charge is 0.338 e. The Bertz CT molecular complexity index is 1040. The number of anilines is 1. The predicted octanol–water partition coefficient (Wildman–Crippen LogP) is 1.33. The van der Waals surface area contributed by atoms with Gasteiger partial charge in [-0.2, -0.15) is 0 Å².